The highest BCUT2D eigenvalue weighted by Crippen LogP contribution is 2.23. The van der Waals surface area contributed by atoms with Gasteiger partial charge in [0.15, 0.2) is 0 Å². The van der Waals surface area contributed by atoms with Crippen molar-refractivity contribution >= 4 is 29.5 Å². The molecular weight excluding hydrogens is 827 g/mol. The number of nitrogens with one attached hydrogen (secondary N) is 2. The summed E-state index contributed by atoms with van der Waals surface area (Å²) >= 11 is 0. The summed E-state index contributed by atoms with van der Waals surface area (Å²) in [4.78, 5) is 82.4. The Bertz CT molecular complexity index is 2310. The zero-order chi connectivity index (χ0) is 47.0. The zero-order valence-electron chi connectivity index (χ0n) is 39.0. The minimum Gasteiger partial charge on any atom is -0.338 e. The Hall–Kier alpha value is -6.63. The lowest BCUT2D eigenvalue weighted by atomic mass is 10.1. The third-order valence-electron chi connectivity index (χ3n) is 12.5. The van der Waals surface area contributed by atoms with E-state index in [0.717, 1.165) is 27.8 Å². The Morgan fingerprint density at radius 2 is 0.727 bits per heavy atom. The van der Waals surface area contributed by atoms with Gasteiger partial charge in [0.2, 0.25) is 29.5 Å². The predicted molar refractivity (Wildman–Crippen MR) is 258 cm³/mol. The van der Waals surface area contributed by atoms with E-state index >= 15 is 14.4 Å². The van der Waals surface area contributed by atoms with Crippen LogP contribution in [0.1, 0.15) is 62.4 Å². The van der Waals surface area contributed by atoms with Crippen molar-refractivity contribution in [1.29, 1.82) is 0 Å². The van der Waals surface area contributed by atoms with Crippen LogP contribution in [0.15, 0.2) is 152 Å². The second-order valence-corrected chi connectivity index (χ2v) is 17.2. The fourth-order valence-corrected chi connectivity index (χ4v) is 8.35. The van der Waals surface area contributed by atoms with Crippen LogP contribution in [-0.4, -0.2) is 110 Å². The van der Waals surface area contributed by atoms with Crippen molar-refractivity contribution < 1.29 is 24.0 Å². The molecule has 5 aromatic carbocycles. The molecule has 5 aromatic rings. The lowest BCUT2D eigenvalue weighted by Crippen LogP contribution is -2.60. The molecule has 1 fully saturated rings. The van der Waals surface area contributed by atoms with Crippen molar-refractivity contribution in [2.45, 2.75) is 97.6 Å². The molecule has 12 nitrogen and oxygen atoms in total. The van der Waals surface area contributed by atoms with Crippen LogP contribution in [0.2, 0.25) is 0 Å². The van der Waals surface area contributed by atoms with E-state index in [1.807, 2.05) is 152 Å². The van der Waals surface area contributed by atoms with Gasteiger partial charge < -0.3 is 35.1 Å². The largest absolute Gasteiger partial charge is 0.338 e. The lowest BCUT2D eigenvalue weighted by molar-refractivity contribution is -0.157. The summed E-state index contributed by atoms with van der Waals surface area (Å²) in [5, 5.41) is 6.64. The fraction of sp³-hybridized carbons (Fsp3) is 0.352. The van der Waals surface area contributed by atoms with Crippen LogP contribution >= 0.6 is 0 Å². The highest BCUT2D eigenvalue weighted by atomic mass is 16.2. The number of amides is 5. The van der Waals surface area contributed by atoms with Crippen LogP contribution in [0.5, 0.6) is 0 Å². The summed E-state index contributed by atoms with van der Waals surface area (Å²) in [6, 6.07) is 43.2. The number of hydrogen-bond donors (Lipinski definition) is 2. The quantitative estimate of drug-likeness (QED) is 0.0945. The molecule has 1 heterocycles. The fourth-order valence-electron chi connectivity index (χ4n) is 8.35. The molecule has 0 spiro atoms. The Balaban J connectivity index is 1.34. The van der Waals surface area contributed by atoms with Crippen molar-refractivity contribution in [2.75, 3.05) is 26.2 Å². The average molecular weight is 892 g/mol. The van der Waals surface area contributed by atoms with Gasteiger partial charge in [-0.2, -0.15) is 0 Å². The van der Waals surface area contributed by atoms with Gasteiger partial charge in [-0.25, -0.2) is 0 Å². The van der Waals surface area contributed by atoms with Crippen molar-refractivity contribution in [3.63, 3.8) is 0 Å². The van der Waals surface area contributed by atoms with Crippen molar-refractivity contribution in [2.24, 2.45) is 0 Å². The zero-order valence-corrected chi connectivity index (χ0v) is 39.0. The van der Waals surface area contributed by atoms with Crippen LogP contribution in [0.25, 0.3) is 0 Å². The lowest BCUT2D eigenvalue weighted by Gasteiger charge is -2.41. The van der Waals surface area contributed by atoms with Gasteiger partial charge in [-0.1, -0.05) is 152 Å². The smallest absolute Gasteiger partial charge is 0.246 e. The Morgan fingerprint density at radius 1 is 0.439 bits per heavy atom. The topological polar surface area (TPSA) is 126 Å². The second-order valence-electron chi connectivity index (χ2n) is 17.2. The van der Waals surface area contributed by atoms with E-state index in [2.05, 4.69) is 10.6 Å². The van der Waals surface area contributed by atoms with Gasteiger partial charge in [-0.05, 0) is 62.4 Å². The number of hydrogen-bond acceptors (Lipinski definition) is 7. The Morgan fingerprint density at radius 3 is 1.06 bits per heavy atom. The SMILES string of the molecule is C[C@H](NCc1ccccc1)C(=O)N(Cc1ccccc1)[C@@H](C)C(=O)N(Cc1ccccc1)[C@@H](C)C(=O)N(Cc1ccccc1)[C@@H](C)C(=O)N(Cc1ccccc1)[C@@H](C)C(=O)N1CCNCC1. The number of rotatable bonds is 20. The van der Waals surface area contributed by atoms with E-state index in [1.54, 1.807) is 49.3 Å². The minimum absolute atomic E-state index is 0.0718. The Kier molecular flexibility index (Phi) is 17.8. The standard InChI is InChI=1S/C54H65N7O5/c1-40(56-35-45-21-11-6-12-22-45)50(62)58(36-46-23-13-7-14-24-46)42(3)52(64)60(38-48-27-17-9-18-28-48)44(5)54(66)61(39-49-29-19-10-20-30-49)43(4)53(65)59(37-47-25-15-8-16-26-47)41(2)51(63)57-33-31-55-32-34-57/h6-30,40-44,55-56H,31-39H2,1-5H3/t40-,41-,42-,43-,44-/m0/s1. The molecule has 346 valence electrons. The molecule has 2 N–H and O–H groups in total. The summed E-state index contributed by atoms with van der Waals surface area (Å²) in [6.07, 6.45) is 0. The predicted octanol–water partition coefficient (Wildman–Crippen LogP) is 6.27. The summed E-state index contributed by atoms with van der Waals surface area (Å²) < 4.78 is 0. The molecule has 1 aliphatic rings. The van der Waals surface area contributed by atoms with E-state index in [-0.39, 0.29) is 38.0 Å². The van der Waals surface area contributed by atoms with Gasteiger partial charge in [0.1, 0.15) is 24.2 Å². The van der Waals surface area contributed by atoms with Gasteiger partial charge >= 0.3 is 0 Å². The summed E-state index contributed by atoms with van der Waals surface area (Å²) in [7, 11) is 0. The van der Waals surface area contributed by atoms with Crippen LogP contribution in [0, 0.1) is 0 Å². The maximum Gasteiger partial charge on any atom is 0.246 e. The van der Waals surface area contributed by atoms with E-state index in [9.17, 15) is 9.59 Å². The summed E-state index contributed by atoms with van der Waals surface area (Å²) in [5.74, 6) is -1.68. The monoisotopic (exact) mass is 892 g/mol. The number of piperazine rings is 1. The van der Waals surface area contributed by atoms with Gasteiger partial charge in [0, 0.05) is 58.9 Å². The third kappa shape index (κ3) is 13.0. The molecule has 66 heavy (non-hydrogen) atoms. The second kappa shape index (κ2) is 24.1. The molecule has 6 rings (SSSR count). The molecule has 0 aliphatic carbocycles. The number of benzene rings is 5. The molecule has 0 unspecified atom stereocenters. The average Bonchev–Trinajstić information content (AvgIpc) is 3.37. The highest BCUT2D eigenvalue weighted by molar-refractivity contribution is 5.95. The molecule has 0 radical (unpaired) electrons. The molecule has 1 saturated heterocycles. The third-order valence-corrected chi connectivity index (χ3v) is 12.5. The first-order chi connectivity index (χ1) is 31.9. The first kappa shape index (κ1) is 48.8. The van der Waals surface area contributed by atoms with E-state index in [4.69, 9.17) is 0 Å². The molecule has 5 atom stereocenters. The maximum atomic E-state index is 15.4. The van der Waals surface area contributed by atoms with Crippen LogP contribution in [0.3, 0.4) is 0 Å². The molecule has 0 aromatic heterocycles. The van der Waals surface area contributed by atoms with Gasteiger partial charge in [-0.15, -0.1) is 0 Å². The molecule has 12 heteroatoms. The van der Waals surface area contributed by atoms with Gasteiger partial charge in [-0.3, -0.25) is 24.0 Å². The molecule has 0 saturated carbocycles. The number of nitrogens with zero attached hydrogens (tertiary/aromatic N) is 5. The van der Waals surface area contributed by atoms with E-state index in [0.29, 0.717) is 32.7 Å². The maximum absolute atomic E-state index is 15.4. The highest BCUT2D eigenvalue weighted by Gasteiger charge is 2.41. The Labute approximate surface area is 390 Å². The first-order valence-electron chi connectivity index (χ1n) is 23.1. The van der Waals surface area contributed by atoms with Gasteiger partial charge in [0.05, 0.1) is 6.04 Å². The van der Waals surface area contributed by atoms with Crippen molar-refractivity contribution in [1.82, 2.24) is 35.1 Å². The number of carbonyl (C=O) groups excluding carboxylic acids is 5. The van der Waals surface area contributed by atoms with Crippen LogP contribution in [0.4, 0.5) is 0 Å². The minimum atomic E-state index is -1.08. The van der Waals surface area contributed by atoms with Gasteiger partial charge in [0.25, 0.3) is 0 Å². The van der Waals surface area contributed by atoms with Crippen LogP contribution in [-0.2, 0) is 56.7 Å². The van der Waals surface area contributed by atoms with Crippen LogP contribution < -0.4 is 10.6 Å². The summed E-state index contributed by atoms with van der Waals surface area (Å²) in [6.45, 7) is 12.0. The van der Waals surface area contributed by atoms with E-state index in [1.165, 1.54) is 9.80 Å². The number of carbonyl (C=O) groups is 5. The normalized spacial score (nSPS) is 14.8. The molecular formula is C54H65N7O5. The first-order valence-corrected chi connectivity index (χ1v) is 23.1. The molecule has 0 bridgehead atoms. The molecule has 5 amide bonds. The molecule has 1 aliphatic heterocycles. The van der Waals surface area contributed by atoms with E-state index < -0.39 is 47.9 Å². The van der Waals surface area contributed by atoms with Crippen molar-refractivity contribution in [3.05, 3.63) is 179 Å². The van der Waals surface area contributed by atoms with Crippen molar-refractivity contribution in [3.8, 4) is 0 Å². The summed E-state index contributed by atoms with van der Waals surface area (Å²) in [5.41, 5.74) is 4.31.